The van der Waals surface area contributed by atoms with Crippen LogP contribution in [-0.2, 0) is 23.0 Å². The van der Waals surface area contributed by atoms with Crippen molar-refractivity contribution in [2.75, 3.05) is 43.5 Å². The predicted octanol–water partition coefficient (Wildman–Crippen LogP) is 4.68. The van der Waals surface area contributed by atoms with Gasteiger partial charge in [-0.25, -0.2) is 9.50 Å². The first-order valence-electron chi connectivity index (χ1n) is 14.7. The van der Waals surface area contributed by atoms with E-state index < -0.39 is 0 Å². The molecule has 42 heavy (non-hydrogen) atoms. The Balaban J connectivity index is 1.03. The fourth-order valence-electron chi connectivity index (χ4n) is 5.97. The molecule has 0 atom stereocenters. The van der Waals surface area contributed by atoms with E-state index in [1.54, 1.807) is 10.7 Å². The van der Waals surface area contributed by atoms with Crippen LogP contribution < -0.4 is 10.6 Å². The average Bonchev–Trinajstić information content (AvgIpc) is 3.50. The van der Waals surface area contributed by atoms with Gasteiger partial charge in [-0.15, -0.1) is 5.10 Å². The van der Waals surface area contributed by atoms with Crippen LogP contribution in [0.25, 0.3) is 5.65 Å². The molecule has 220 valence electrons. The number of hydrogen-bond acceptors (Lipinski definition) is 7. The summed E-state index contributed by atoms with van der Waals surface area (Å²) in [5.74, 6) is 1.17. The number of nitrogens with one attached hydrogen (secondary N) is 2. The first-order chi connectivity index (χ1) is 20.2. The number of fused-ring (bicyclic) bond motifs is 1. The molecule has 0 aliphatic carbocycles. The molecule has 1 amide bonds. The van der Waals surface area contributed by atoms with E-state index in [4.69, 9.17) is 4.74 Å². The molecule has 10 nitrogen and oxygen atoms in total. The van der Waals surface area contributed by atoms with Gasteiger partial charge in [0.15, 0.2) is 23.1 Å². The minimum atomic E-state index is -0.0372. The van der Waals surface area contributed by atoms with E-state index in [1.165, 1.54) is 12.8 Å². The lowest BCUT2D eigenvalue weighted by Gasteiger charge is -2.47. The Morgan fingerprint density at radius 3 is 2.55 bits per heavy atom. The van der Waals surface area contributed by atoms with Crippen molar-refractivity contribution >= 4 is 34.7 Å². The summed E-state index contributed by atoms with van der Waals surface area (Å²) in [6.07, 6.45) is 7.69. The summed E-state index contributed by atoms with van der Waals surface area (Å²) in [4.78, 5) is 32.5. The summed E-state index contributed by atoms with van der Waals surface area (Å²) in [6, 6.07) is 11.6. The standard InChI is InChI=1S/C32H39N7O3/c1-22-15-26(37(3)18-22)27(40)17-24-16-25(7-6-23(24)2)33-28-8-9-30-34-29(19-39(30)36-28)35-31(41)5-4-12-38-13-10-32(11-14-38)20-42-21-32/h6-9,15-16,18-19H,4-5,10-14,17,20-21H2,1-3H3,(H,33,36)(H,35,41). The van der Waals surface area contributed by atoms with Crippen molar-refractivity contribution in [3.63, 3.8) is 0 Å². The molecule has 1 aromatic carbocycles. The quantitative estimate of drug-likeness (QED) is 0.267. The number of carbonyl (C=O) groups is 2. The van der Waals surface area contributed by atoms with E-state index >= 15 is 0 Å². The van der Waals surface area contributed by atoms with Crippen LogP contribution in [-0.4, -0.2) is 68.6 Å². The number of benzene rings is 1. The van der Waals surface area contributed by atoms with Crippen molar-refractivity contribution < 1.29 is 14.3 Å². The summed E-state index contributed by atoms with van der Waals surface area (Å²) < 4.78 is 8.95. The van der Waals surface area contributed by atoms with Crippen LogP contribution in [0.15, 0.2) is 48.8 Å². The van der Waals surface area contributed by atoms with E-state index in [1.807, 2.05) is 68.1 Å². The molecule has 0 bridgehead atoms. The van der Waals surface area contributed by atoms with Gasteiger partial charge >= 0.3 is 0 Å². The maximum absolute atomic E-state index is 13.0. The minimum Gasteiger partial charge on any atom is -0.380 e. The number of aryl methyl sites for hydroxylation is 3. The summed E-state index contributed by atoms with van der Waals surface area (Å²) in [5, 5.41) is 10.9. The van der Waals surface area contributed by atoms with Gasteiger partial charge in [0.2, 0.25) is 5.91 Å². The van der Waals surface area contributed by atoms with Gasteiger partial charge in [-0.1, -0.05) is 6.07 Å². The number of aromatic nitrogens is 4. The maximum Gasteiger partial charge on any atom is 0.225 e. The fraction of sp³-hybridized carbons (Fsp3) is 0.438. The lowest BCUT2D eigenvalue weighted by Crippen LogP contribution is -2.50. The number of Topliss-reactive ketones (excluding diaryl/α,β-unsaturated/α-hetero) is 1. The lowest BCUT2D eigenvalue weighted by molar-refractivity contribution is -0.139. The first-order valence-corrected chi connectivity index (χ1v) is 14.7. The van der Waals surface area contributed by atoms with Crippen LogP contribution in [0.2, 0.25) is 0 Å². The van der Waals surface area contributed by atoms with E-state index in [9.17, 15) is 9.59 Å². The third-order valence-electron chi connectivity index (χ3n) is 8.60. The van der Waals surface area contributed by atoms with Crippen molar-refractivity contribution in [3.8, 4) is 0 Å². The average molecular weight is 570 g/mol. The van der Waals surface area contributed by atoms with Crippen molar-refractivity contribution in [2.24, 2.45) is 12.5 Å². The van der Waals surface area contributed by atoms with Gasteiger partial charge in [-0.05, 0) is 99.8 Å². The van der Waals surface area contributed by atoms with Gasteiger partial charge in [-0.2, -0.15) is 0 Å². The zero-order chi connectivity index (χ0) is 29.3. The second-order valence-corrected chi connectivity index (χ2v) is 12.0. The number of piperidine rings is 1. The number of carbonyl (C=O) groups excluding carboxylic acids is 2. The van der Waals surface area contributed by atoms with E-state index in [0.717, 1.165) is 61.6 Å². The second-order valence-electron chi connectivity index (χ2n) is 12.0. The van der Waals surface area contributed by atoms with Crippen molar-refractivity contribution in [1.82, 2.24) is 24.1 Å². The topological polar surface area (TPSA) is 106 Å². The van der Waals surface area contributed by atoms with Crippen LogP contribution in [0.1, 0.15) is 52.9 Å². The third kappa shape index (κ3) is 6.24. The third-order valence-corrected chi connectivity index (χ3v) is 8.60. The first kappa shape index (κ1) is 28.1. The number of hydrogen-bond donors (Lipinski definition) is 2. The van der Waals surface area contributed by atoms with Crippen LogP contribution in [0, 0.1) is 19.3 Å². The molecule has 2 aliphatic heterocycles. The molecule has 0 unspecified atom stereocenters. The Hall–Kier alpha value is -4.02. The zero-order valence-electron chi connectivity index (χ0n) is 24.7. The Bertz CT molecular complexity index is 1610. The molecule has 1 spiro atoms. The molecule has 0 radical (unpaired) electrons. The maximum atomic E-state index is 13.0. The molecule has 2 aliphatic rings. The molecule has 4 aromatic rings. The number of likely N-dealkylation sites (tertiary alicyclic amines) is 1. The summed E-state index contributed by atoms with van der Waals surface area (Å²) in [7, 11) is 1.90. The largest absolute Gasteiger partial charge is 0.380 e. The molecule has 10 heteroatoms. The molecule has 2 N–H and O–H groups in total. The van der Waals surface area contributed by atoms with Crippen LogP contribution in [0.3, 0.4) is 0 Å². The Kier molecular flexibility index (Phi) is 7.83. The number of nitrogens with zero attached hydrogens (tertiary/aromatic N) is 5. The van der Waals surface area contributed by atoms with Gasteiger partial charge in [0, 0.05) is 37.2 Å². The number of imidazole rings is 1. The van der Waals surface area contributed by atoms with E-state index in [-0.39, 0.29) is 11.7 Å². The van der Waals surface area contributed by atoms with Crippen molar-refractivity contribution in [2.45, 2.75) is 46.0 Å². The Morgan fingerprint density at radius 2 is 1.83 bits per heavy atom. The molecule has 2 saturated heterocycles. The SMILES string of the molecule is Cc1cc(C(=O)Cc2cc(Nc3ccc4nc(NC(=O)CCCN5CCC6(CC5)COC6)cn4n3)ccc2C)n(C)c1. The highest BCUT2D eigenvalue weighted by Crippen LogP contribution is 2.38. The normalized spacial score (nSPS) is 16.5. The van der Waals surface area contributed by atoms with Gasteiger partial charge < -0.3 is 24.8 Å². The number of anilines is 3. The van der Waals surface area contributed by atoms with Crippen molar-refractivity contribution in [3.05, 3.63) is 71.2 Å². The molecular formula is C32H39N7O3. The van der Waals surface area contributed by atoms with Crippen molar-refractivity contribution in [1.29, 1.82) is 0 Å². The lowest BCUT2D eigenvalue weighted by atomic mass is 9.77. The molecule has 6 rings (SSSR count). The molecule has 5 heterocycles. The molecule has 2 fully saturated rings. The molecule has 0 saturated carbocycles. The van der Waals surface area contributed by atoms with Crippen LogP contribution in [0.5, 0.6) is 0 Å². The Morgan fingerprint density at radius 1 is 1.02 bits per heavy atom. The van der Waals surface area contributed by atoms with Gasteiger partial charge in [0.05, 0.1) is 25.1 Å². The van der Waals surface area contributed by atoms with Gasteiger partial charge in [0.1, 0.15) is 0 Å². The monoisotopic (exact) mass is 569 g/mol. The van der Waals surface area contributed by atoms with Gasteiger partial charge in [0.25, 0.3) is 0 Å². The Labute approximate surface area is 246 Å². The number of ketones is 1. The van der Waals surface area contributed by atoms with E-state index in [0.29, 0.717) is 41.2 Å². The highest BCUT2D eigenvalue weighted by atomic mass is 16.5. The summed E-state index contributed by atoms with van der Waals surface area (Å²) in [5.41, 5.74) is 5.73. The highest BCUT2D eigenvalue weighted by Gasteiger charge is 2.40. The van der Waals surface area contributed by atoms with E-state index in [2.05, 4.69) is 25.6 Å². The minimum absolute atomic E-state index is 0.0372. The number of amides is 1. The second kappa shape index (κ2) is 11.7. The number of ether oxygens (including phenoxy) is 1. The van der Waals surface area contributed by atoms with Gasteiger partial charge in [-0.3, -0.25) is 9.59 Å². The van der Waals surface area contributed by atoms with Crippen LogP contribution in [0.4, 0.5) is 17.3 Å². The molecule has 3 aromatic heterocycles. The highest BCUT2D eigenvalue weighted by molar-refractivity contribution is 5.96. The summed E-state index contributed by atoms with van der Waals surface area (Å²) in [6.45, 7) is 8.96. The zero-order valence-corrected chi connectivity index (χ0v) is 24.7. The smallest absolute Gasteiger partial charge is 0.225 e. The fourth-order valence-corrected chi connectivity index (χ4v) is 5.97. The number of rotatable bonds is 10. The van der Waals surface area contributed by atoms with Crippen LogP contribution >= 0.6 is 0 Å². The predicted molar refractivity (Wildman–Crippen MR) is 162 cm³/mol. The molecular weight excluding hydrogens is 530 g/mol. The summed E-state index contributed by atoms with van der Waals surface area (Å²) >= 11 is 0.